The first-order chi connectivity index (χ1) is 9.39. The molecule has 1 aromatic rings. The van der Waals surface area contributed by atoms with Crippen LogP contribution in [0.5, 0.6) is 0 Å². The summed E-state index contributed by atoms with van der Waals surface area (Å²) >= 11 is 2.09. The summed E-state index contributed by atoms with van der Waals surface area (Å²) in [5.74, 6) is 2.59. The fourth-order valence-corrected chi connectivity index (χ4v) is 4.31. The Morgan fingerprint density at radius 2 is 1.95 bits per heavy atom. The third kappa shape index (κ3) is 3.15. The Labute approximate surface area is 120 Å². The summed E-state index contributed by atoms with van der Waals surface area (Å²) < 4.78 is 5.59. The number of rotatable bonds is 3. The van der Waals surface area contributed by atoms with Crippen molar-refractivity contribution in [3.8, 4) is 0 Å². The van der Waals surface area contributed by atoms with Crippen molar-refractivity contribution in [2.45, 2.75) is 37.3 Å². The van der Waals surface area contributed by atoms with Gasteiger partial charge in [0.15, 0.2) is 0 Å². The Morgan fingerprint density at radius 3 is 2.63 bits per heavy atom. The van der Waals surface area contributed by atoms with E-state index in [1.807, 2.05) is 0 Å². The van der Waals surface area contributed by atoms with Crippen LogP contribution in [0.1, 0.15) is 31.2 Å². The first kappa shape index (κ1) is 13.5. The lowest BCUT2D eigenvalue weighted by atomic mass is 9.82. The second kappa shape index (κ2) is 6.29. The van der Waals surface area contributed by atoms with Crippen LogP contribution < -0.4 is 5.32 Å². The lowest BCUT2D eigenvalue weighted by Gasteiger charge is -2.42. The number of hydrogen-bond donors (Lipinski definition) is 1. The largest absolute Gasteiger partial charge is 0.381 e. The number of ether oxygens (including phenoxy) is 1. The van der Waals surface area contributed by atoms with Crippen LogP contribution in [0.3, 0.4) is 0 Å². The minimum Gasteiger partial charge on any atom is -0.381 e. The zero-order valence-corrected chi connectivity index (χ0v) is 12.3. The summed E-state index contributed by atoms with van der Waals surface area (Å²) in [6, 6.07) is 11.6. The van der Waals surface area contributed by atoms with Crippen molar-refractivity contribution in [1.82, 2.24) is 5.32 Å². The van der Waals surface area contributed by atoms with E-state index in [2.05, 4.69) is 47.4 Å². The molecule has 3 rings (SSSR count). The predicted octanol–water partition coefficient (Wildman–Crippen LogP) is 3.18. The van der Waals surface area contributed by atoms with E-state index in [-0.39, 0.29) is 5.54 Å². The highest BCUT2D eigenvalue weighted by molar-refractivity contribution is 7.99. The molecule has 1 aromatic carbocycles. The molecule has 0 bridgehead atoms. The summed E-state index contributed by atoms with van der Waals surface area (Å²) in [5, 5.41) is 3.99. The van der Waals surface area contributed by atoms with Crippen LogP contribution in [0.2, 0.25) is 0 Å². The van der Waals surface area contributed by atoms with E-state index in [1.54, 1.807) is 0 Å². The predicted molar refractivity (Wildman–Crippen MR) is 81.7 cm³/mol. The first-order valence-corrected chi connectivity index (χ1v) is 8.53. The molecule has 1 N–H and O–H groups in total. The normalized spacial score (nSPS) is 27.1. The van der Waals surface area contributed by atoms with Gasteiger partial charge in [0.25, 0.3) is 0 Å². The second-order valence-corrected chi connectivity index (χ2v) is 6.77. The molecule has 2 saturated heterocycles. The maximum atomic E-state index is 5.59. The monoisotopic (exact) mass is 277 g/mol. The molecule has 0 saturated carbocycles. The lowest BCUT2D eigenvalue weighted by Crippen LogP contribution is -2.52. The average molecular weight is 277 g/mol. The van der Waals surface area contributed by atoms with Crippen LogP contribution in [-0.2, 0) is 10.3 Å². The summed E-state index contributed by atoms with van der Waals surface area (Å²) in [7, 11) is 0. The topological polar surface area (TPSA) is 21.3 Å². The zero-order chi connectivity index (χ0) is 13.0. The molecule has 2 heterocycles. The Kier molecular flexibility index (Phi) is 4.46. The van der Waals surface area contributed by atoms with E-state index >= 15 is 0 Å². The Morgan fingerprint density at radius 1 is 1.16 bits per heavy atom. The van der Waals surface area contributed by atoms with Crippen LogP contribution >= 0.6 is 11.8 Å². The van der Waals surface area contributed by atoms with Crippen molar-refractivity contribution in [1.29, 1.82) is 0 Å². The number of thioether (sulfide) groups is 1. The van der Waals surface area contributed by atoms with Crippen molar-refractivity contribution in [2.24, 2.45) is 0 Å². The number of benzene rings is 1. The molecular formula is C16H23NOS. The van der Waals surface area contributed by atoms with Gasteiger partial charge in [-0.25, -0.2) is 0 Å². The maximum absolute atomic E-state index is 5.59. The lowest BCUT2D eigenvalue weighted by molar-refractivity contribution is 0.0319. The molecule has 2 aliphatic rings. The summed E-state index contributed by atoms with van der Waals surface area (Å²) in [5.41, 5.74) is 1.58. The van der Waals surface area contributed by atoms with Gasteiger partial charge in [-0.05, 0) is 37.0 Å². The molecule has 2 nitrogen and oxygen atoms in total. The fourth-order valence-electron chi connectivity index (χ4n) is 3.24. The molecule has 104 valence electrons. The first-order valence-electron chi connectivity index (χ1n) is 7.38. The maximum Gasteiger partial charge on any atom is 0.0486 e. The van der Waals surface area contributed by atoms with Gasteiger partial charge in [-0.2, -0.15) is 11.8 Å². The van der Waals surface area contributed by atoms with Crippen molar-refractivity contribution in [3.63, 3.8) is 0 Å². The minimum atomic E-state index is 0.141. The van der Waals surface area contributed by atoms with E-state index < -0.39 is 0 Å². The van der Waals surface area contributed by atoms with Gasteiger partial charge in [0.2, 0.25) is 0 Å². The van der Waals surface area contributed by atoms with Crippen LogP contribution in [0.25, 0.3) is 0 Å². The van der Waals surface area contributed by atoms with Gasteiger partial charge in [-0.3, -0.25) is 0 Å². The highest BCUT2D eigenvalue weighted by atomic mass is 32.2. The van der Waals surface area contributed by atoms with E-state index in [1.165, 1.54) is 29.9 Å². The van der Waals surface area contributed by atoms with Crippen molar-refractivity contribution in [2.75, 3.05) is 24.7 Å². The van der Waals surface area contributed by atoms with Gasteiger partial charge < -0.3 is 10.1 Å². The van der Waals surface area contributed by atoms with Crippen LogP contribution in [-0.4, -0.2) is 30.8 Å². The molecule has 0 spiro atoms. The fraction of sp³-hybridized carbons (Fsp3) is 0.625. The van der Waals surface area contributed by atoms with Crippen molar-refractivity contribution in [3.05, 3.63) is 35.9 Å². The van der Waals surface area contributed by atoms with Gasteiger partial charge in [0.05, 0.1) is 0 Å². The highest BCUT2D eigenvalue weighted by Gasteiger charge is 2.36. The molecule has 19 heavy (non-hydrogen) atoms. The van der Waals surface area contributed by atoms with Crippen LogP contribution in [0.15, 0.2) is 30.3 Å². The third-order valence-electron chi connectivity index (χ3n) is 4.31. The molecule has 0 aliphatic carbocycles. The molecule has 2 fully saturated rings. The van der Waals surface area contributed by atoms with Crippen LogP contribution in [0.4, 0.5) is 0 Å². The standard InChI is InChI=1S/C16H23NOS/c1-2-5-14(6-3-1)16(8-10-18-11-9-16)17-15-7-4-12-19-13-15/h1-3,5-6,15,17H,4,7-13H2. The zero-order valence-electron chi connectivity index (χ0n) is 11.4. The van der Waals surface area contributed by atoms with E-state index in [0.717, 1.165) is 26.1 Å². The van der Waals surface area contributed by atoms with E-state index in [9.17, 15) is 0 Å². The molecular weight excluding hydrogens is 254 g/mol. The molecule has 2 aliphatic heterocycles. The average Bonchev–Trinajstić information content (AvgIpc) is 2.50. The Hall–Kier alpha value is -0.510. The molecule has 1 atom stereocenters. The Balaban J connectivity index is 1.79. The second-order valence-electron chi connectivity index (χ2n) is 5.62. The van der Waals surface area contributed by atoms with Gasteiger partial charge in [-0.1, -0.05) is 30.3 Å². The summed E-state index contributed by atoms with van der Waals surface area (Å²) in [6.45, 7) is 1.75. The molecule has 0 radical (unpaired) electrons. The molecule has 3 heteroatoms. The molecule has 0 amide bonds. The Bertz CT molecular complexity index is 383. The van der Waals surface area contributed by atoms with Gasteiger partial charge in [0, 0.05) is 30.5 Å². The van der Waals surface area contributed by atoms with Crippen LogP contribution in [0, 0.1) is 0 Å². The van der Waals surface area contributed by atoms with E-state index in [0.29, 0.717) is 6.04 Å². The van der Waals surface area contributed by atoms with Gasteiger partial charge in [-0.15, -0.1) is 0 Å². The smallest absolute Gasteiger partial charge is 0.0486 e. The summed E-state index contributed by atoms with van der Waals surface area (Å²) in [6.07, 6.45) is 4.86. The highest BCUT2D eigenvalue weighted by Crippen LogP contribution is 2.34. The SMILES string of the molecule is c1ccc(C2(NC3CCCSC3)CCOCC2)cc1. The van der Waals surface area contributed by atoms with Crippen molar-refractivity contribution < 1.29 is 4.74 Å². The molecule has 0 aromatic heterocycles. The summed E-state index contributed by atoms with van der Waals surface area (Å²) in [4.78, 5) is 0. The number of nitrogens with one attached hydrogen (secondary N) is 1. The van der Waals surface area contributed by atoms with E-state index in [4.69, 9.17) is 4.74 Å². The van der Waals surface area contributed by atoms with Crippen molar-refractivity contribution >= 4 is 11.8 Å². The number of hydrogen-bond acceptors (Lipinski definition) is 3. The third-order valence-corrected chi connectivity index (χ3v) is 5.53. The minimum absolute atomic E-state index is 0.141. The molecule has 1 unspecified atom stereocenters. The van der Waals surface area contributed by atoms with Gasteiger partial charge >= 0.3 is 0 Å². The quantitative estimate of drug-likeness (QED) is 0.917. The van der Waals surface area contributed by atoms with Gasteiger partial charge in [0.1, 0.15) is 0 Å².